The van der Waals surface area contributed by atoms with E-state index in [1.807, 2.05) is 0 Å². The summed E-state index contributed by atoms with van der Waals surface area (Å²) in [5.74, 6) is 0.654. The van der Waals surface area contributed by atoms with Crippen LogP contribution in [0.25, 0.3) is 0 Å². The largest absolute Gasteiger partial charge is 0.313 e. The number of rotatable bonds is 4. The van der Waals surface area contributed by atoms with E-state index in [2.05, 4.69) is 44.3 Å². The third kappa shape index (κ3) is 3.83. The summed E-state index contributed by atoms with van der Waals surface area (Å²) < 4.78 is 0. The molecule has 0 aliphatic carbocycles. The van der Waals surface area contributed by atoms with Gasteiger partial charge in [0.05, 0.1) is 0 Å². The van der Waals surface area contributed by atoms with Crippen molar-refractivity contribution in [1.29, 1.82) is 0 Å². The van der Waals surface area contributed by atoms with Crippen molar-refractivity contribution >= 4 is 0 Å². The Hall–Kier alpha value is -0.560. The standard InChI is InChI=1S/C14H25N/c1-4-8-13(9-5-2)12(3)14-10-6-7-11-15-14/h4,8-9,12,14-15H,5-7,10-11H2,1-3H3/b8-4-,13-9+. The fourth-order valence-electron chi connectivity index (χ4n) is 2.37. The molecular formula is C14H25N. The monoisotopic (exact) mass is 207 g/mol. The molecule has 0 bridgehead atoms. The van der Waals surface area contributed by atoms with Crippen molar-refractivity contribution < 1.29 is 0 Å². The fourth-order valence-corrected chi connectivity index (χ4v) is 2.37. The van der Waals surface area contributed by atoms with E-state index in [0.717, 1.165) is 6.42 Å². The van der Waals surface area contributed by atoms with E-state index in [-0.39, 0.29) is 0 Å². The van der Waals surface area contributed by atoms with Crippen LogP contribution in [0, 0.1) is 5.92 Å². The van der Waals surface area contributed by atoms with Crippen LogP contribution in [-0.2, 0) is 0 Å². The first-order valence-electron chi connectivity index (χ1n) is 6.35. The van der Waals surface area contributed by atoms with Gasteiger partial charge in [0.25, 0.3) is 0 Å². The Bertz CT molecular complexity index is 221. The second-order valence-electron chi connectivity index (χ2n) is 4.46. The Morgan fingerprint density at radius 2 is 2.27 bits per heavy atom. The van der Waals surface area contributed by atoms with Gasteiger partial charge in [-0.15, -0.1) is 0 Å². The lowest BCUT2D eigenvalue weighted by molar-refractivity contribution is 0.340. The molecule has 0 aromatic carbocycles. The zero-order valence-corrected chi connectivity index (χ0v) is 10.4. The van der Waals surface area contributed by atoms with Gasteiger partial charge in [0, 0.05) is 6.04 Å². The molecule has 0 aromatic rings. The molecule has 1 nitrogen and oxygen atoms in total. The van der Waals surface area contributed by atoms with Crippen LogP contribution in [0.4, 0.5) is 0 Å². The summed E-state index contributed by atoms with van der Waals surface area (Å²) in [6.45, 7) is 7.86. The first-order valence-corrected chi connectivity index (χ1v) is 6.35. The quantitative estimate of drug-likeness (QED) is 0.693. The molecule has 1 N–H and O–H groups in total. The first kappa shape index (κ1) is 12.5. The van der Waals surface area contributed by atoms with E-state index in [1.165, 1.54) is 31.4 Å². The predicted molar refractivity (Wildman–Crippen MR) is 68.0 cm³/mol. The molecule has 1 saturated heterocycles. The van der Waals surface area contributed by atoms with E-state index in [0.29, 0.717) is 12.0 Å². The van der Waals surface area contributed by atoms with E-state index < -0.39 is 0 Å². The molecule has 1 heterocycles. The second-order valence-corrected chi connectivity index (χ2v) is 4.46. The highest BCUT2D eigenvalue weighted by Gasteiger charge is 2.20. The average Bonchev–Trinajstić information content (AvgIpc) is 2.29. The van der Waals surface area contributed by atoms with Crippen molar-refractivity contribution in [2.45, 2.75) is 52.5 Å². The summed E-state index contributed by atoms with van der Waals surface area (Å²) in [7, 11) is 0. The molecule has 2 unspecified atom stereocenters. The highest BCUT2D eigenvalue weighted by atomic mass is 14.9. The average molecular weight is 207 g/mol. The van der Waals surface area contributed by atoms with E-state index in [9.17, 15) is 0 Å². The van der Waals surface area contributed by atoms with Crippen molar-refractivity contribution in [3.05, 3.63) is 23.8 Å². The van der Waals surface area contributed by atoms with Gasteiger partial charge in [0.2, 0.25) is 0 Å². The molecule has 1 heteroatoms. The van der Waals surface area contributed by atoms with Crippen LogP contribution in [-0.4, -0.2) is 12.6 Å². The van der Waals surface area contributed by atoms with Crippen LogP contribution in [0.15, 0.2) is 23.8 Å². The van der Waals surface area contributed by atoms with Gasteiger partial charge in [0.1, 0.15) is 0 Å². The Morgan fingerprint density at radius 3 is 2.80 bits per heavy atom. The summed E-state index contributed by atoms with van der Waals surface area (Å²) in [5.41, 5.74) is 1.50. The highest BCUT2D eigenvalue weighted by molar-refractivity contribution is 5.22. The van der Waals surface area contributed by atoms with Crippen LogP contribution in [0.2, 0.25) is 0 Å². The number of hydrogen-bond acceptors (Lipinski definition) is 1. The Kier molecular flexibility index (Phi) is 5.70. The predicted octanol–water partition coefficient (Wildman–Crippen LogP) is 3.68. The second kappa shape index (κ2) is 6.84. The molecule has 0 amide bonds. The third-order valence-electron chi connectivity index (χ3n) is 3.28. The molecule has 0 saturated carbocycles. The molecule has 1 aliphatic rings. The molecule has 1 fully saturated rings. The minimum atomic E-state index is 0.654. The molecule has 15 heavy (non-hydrogen) atoms. The topological polar surface area (TPSA) is 12.0 Å². The molecule has 86 valence electrons. The summed E-state index contributed by atoms with van der Waals surface area (Å²) >= 11 is 0. The van der Waals surface area contributed by atoms with E-state index >= 15 is 0 Å². The van der Waals surface area contributed by atoms with Crippen molar-refractivity contribution in [2.75, 3.05) is 6.54 Å². The maximum Gasteiger partial charge on any atom is 0.0133 e. The summed E-state index contributed by atoms with van der Waals surface area (Å²) in [6, 6.07) is 0.688. The Morgan fingerprint density at radius 1 is 1.47 bits per heavy atom. The zero-order valence-electron chi connectivity index (χ0n) is 10.4. The lowest BCUT2D eigenvalue weighted by atomic mass is 9.87. The van der Waals surface area contributed by atoms with Crippen LogP contribution < -0.4 is 5.32 Å². The van der Waals surface area contributed by atoms with Crippen molar-refractivity contribution in [3.63, 3.8) is 0 Å². The minimum absolute atomic E-state index is 0.654. The van der Waals surface area contributed by atoms with Crippen molar-refractivity contribution in [3.8, 4) is 0 Å². The normalized spacial score (nSPS) is 25.8. The SMILES string of the molecule is C/C=C\C(=C/CC)C(C)C1CCCCN1. The smallest absolute Gasteiger partial charge is 0.0133 e. The summed E-state index contributed by atoms with van der Waals surface area (Å²) in [5, 5.41) is 3.64. The van der Waals surface area contributed by atoms with Crippen LogP contribution >= 0.6 is 0 Å². The van der Waals surface area contributed by atoms with E-state index in [1.54, 1.807) is 0 Å². The number of allylic oxidation sites excluding steroid dienone is 3. The number of piperidine rings is 1. The lowest BCUT2D eigenvalue weighted by Crippen LogP contribution is -2.39. The van der Waals surface area contributed by atoms with Crippen molar-refractivity contribution in [1.82, 2.24) is 5.32 Å². The van der Waals surface area contributed by atoms with Crippen LogP contribution in [0.1, 0.15) is 46.5 Å². The molecule has 2 atom stereocenters. The van der Waals surface area contributed by atoms with Gasteiger partial charge < -0.3 is 5.32 Å². The van der Waals surface area contributed by atoms with Gasteiger partial charge in [-0.3, -0.25) is 0 Å². The Labute approximate surface area is 94.6 Å². The van der Waals surface area contributed by atoms with Gasteiger partial charge >= 0.3 is 0 Å². The van der Waals surface area contributed by atoms with Gasteiger partial charge in [0.15, 0.2) is 0 Å². The van der Waals surface area contributed by atoms with Crippen LogP contribution in [0.5, 0.6) is 0 Å². The van der Waals surface area contributed by atoms with Gasteiger partial charge in [-0.1, -0.05) is 38.5 Å². The molecule has 1 rings (SSSR count). The number of nitrogens with one attached hydrogen (secondary N) is 1. The van der Waals surface area contributed by atoms with Crippen molar-refractivity contribution in [2.24, 2.45) is 5.92 Å². The van der Waals surface area contributed by atoms with Gasteiger partial charge in [-0.25, -0.2) is 0 Å². The molecule has 0 radical (unpaired) electrons. The Balaban J connectivity index is 2.61. The summed E-state index contributed by atoms with van der Waals surface area (Å²) in [4.78, 5) is 0. The molecule has 0 spiro atoms. The molecule has 1 aliphatic heterocycles. The molecule has 0 aromatic heterocycles. The number of hydrogen-bond donors (Lipinski definition) is 1. The minimum Gasteiger partial charge on any atom is -0.313 e. The van der Waals surface area contributed by atoms with E-state index in [4.69, 9.17) is 0 Å². The lowest BCUT2D eigenvalue weighted by Gasteiger charge is -2.30. The highest BCUT2D eigenvalue weighted by Crippen LogP contribution is 2.23. The fraction of sp³-hybridized carbons (Fsp3) is 0.714. The van der Waals surface area contributed by atoms with Gasteiger partial charge in [-0.05, 0) is 44.2 Å². The van der Waals surface area contributed by atoms with Crippen LogP contribution in [0.3, 0.4) is 0 Å². The zero-order chi connectivity index (χ0) is 11.1. The third-order valence-corrected chi connectivity index (χ3v) is 3.28. The first-order chi connectivity index (χ1) is 7.29. The van der Waals surface area contributed by atoms with Gasteiger partial charge in [-0.2, -0.15) is 0 Å². The molecular weight excluding hydrogens is 182 g/mol. The maximum absolute atomic E-state index is 3.64. The maximum atomic E-state index is 3.64. The summed E-state index contributed by atoms with van der Waals surface area (Å²) in [6.07, 6.45) is 12.0.